The van der Waals surface area contributed by atoms with Crippen LogP contribution in [0.25, 0.3) is 0 Å². The van der Waals surface area contributed by atoms with Crippen LogP contribution in [-0.4, -0.2) is 59.7 Å². The Bertz CT molecular complexity index is 826. The summed E-state index contributed by atoms with van der Waals surface area (Å²) < 4.78 is 10.3. The molecule has 0 radical (unpaired) electrons. The number of halogens is 1. The van der Waals surface area contributed by atoms with E-state index in [1.807, 2.05) is 35.2 Å². The summed E-state index contributed by atoms with van der Waals surface area (Å²) >= 11 is 5.95. The molecular weight excluding hydrogens is 384 g/mol. The van der Waals surface area contributed by atoms with Gasteiger partial charge >= 0.3 is 12.1 Å². The van der Waals surface area contributed by atoms with Crippen LogP contribution in [0.3, 0.4) is 0 Å². The maximum absolute atomic E-state index is 12.3. The van der Waals surface area contributed by atoms with Gasteiger partial charge in [0.25, 0.3) is 0 Å². The molecule has 0 N–H and O–H groups in total. The first-order chi connectivity index (χ1) is 13.6. The van der Waals surface area contributed by atoms with Crippen molar-refractivity contribution in [1.29, 1.82) is 0 Å². The Morgan fingerprint density at radius 3 is 2.46 bits per heavy atom. The Labute approximate surface area is 168 Å². The number of hydrogen-bond acceptors (Lipinski definition) is 7. The van der Waals surface area contributed by atoms with E-state index >= 15 is 0 Å². The molecule has 3 rings (SSSR count). The topological polar surface area (TPSA) is 84.9 Å². The highest BCUT2D eigenvalue weighted by Gasteiger charge is 2.24. The molecule has 9 heteroatoms. The molecule has 1 aromatic heterocycles. The zero-order chi connectivity index (χ0) is 19.9. The molecule has 148 valence electrons. The fourth-order valence-corrected chi connectivity index (χ4v) is 2.98. The summed E-state index contributed by atoms with van der Waals surface area (Å²) in [6, 6.07) is 11.1. The van der Waals surface area contributed by atoms with Crippen molar-refractivity contribution in [3.05, 3.63) is 52.9 Å². The second-order valence-corrected chi connectivity index (χ2v) is 6.45. The highest BCUT2D eigenvalue weighted by atomic mass is 35.5. The molecule has 0 saturated carbocycles. The van der Waals surface area contributed by atoms with E-state index in [1.54, 1.807) is 17.9 Å². The van der Waals surface area contributed by atoms with E-state index in [-0.39, 0.29) is 30.3 Å². The van der Waals surface area contributed by atoms with E-state index in [0.29, 0.717) is 32.0 Å². The second-order valence-electron chi connectivity index (χ2n) is 6.12. The zero-order valence-electron chi connectivity index (χ0n) is 15.5. The number of benzene rings is 1. The molecule has 0 aliphatic carbocycles. The highest BCUT2D eigenvalue weighted by molar-refractivity contribution is 6.28. The molecule has 8 nitrogen and oxygen atoms in total. The summed E-state index contributed by atoms with van der Waals surface area (Å²) in [6.07, 6.45) is -0.351. The molecule has 1 saturated heterocycles. The van der Waals surface area contributed by atoms with Gasteiger partial charge < -0.3 is 19.3 Å². The minimum Gasteiger partial charge on any atom is -0.461 e. The van der Waals surface area contributed by atoms with E-state index in [4.69, 9.17) is 21.1 Å². The van der Waals surface area contributed by atoms with Gasteiger partial charge in [0.1, 0.15) is 12.4 Å². The van der Waals surface area contributed by atoms with Crippen LogP contribution in [0.5, 0.6) is 0 Å². The number of esters is 1. The summed E-state index contributed by atoms with van der Waals surface area (Å²) in [6.45, 7) is 4.24. The Morgan fingerprint density at radius 2 is 1.79 bits per heavy atom. The zero-order valence-corrected chi connectivity index (χ0v) is 16.3. The Morgan fingerprint density at radius 1 is 1.07 bits per heavy atom. The van der Waals surface area contributed by atoms with Crippen LogP contribution < -0.4 is 4.90 Å². The summed E-state index contributed by atoms with van der Waals surface area (Å²) in [4.78, 5) is 35.8. The molecule has 28 heavy (non-hydrogen) atoms. The lowest BCUT2D eigenvalue weighted by Crippen LogP contribution is -2.49. The van der Waals surface area contributed by atoms with Crippen LogP contribution in [0, 0.1) is 0 Å². The van der Waals surface area contributed by atoms with Crippen molar-refractivity contribution < 1.29 is 19.1 Å². The standard InChI is InChI=1S/C19H21ClN4O4/c1-2-27-17(25)15-12-16(22-18(20)21-15)23-8-10-24(11-9-23)19(26)28-13-14-6-4-3-5-7-14/h3-7,12H,2,8-11,13H2,1H3. The van der Waals surface area contributed by atoms with Gasteiger partial charge in [-0.2, -0.15) is 0 Å². The lowest BCUT2D eigenvalue weighted by molar-refractivity contribution is 0.0519. The predicted octanol–water partition coefficient (Wildman–Crippen LogP) is 2.77. The molecule has 0 atom stereocenters. The van der Waals surface area contributed by atoms with Crippen molar-refractivity contribution in [2.24, 2.45) is 0 Å². The average molecular weight is 405 g/mol. The minimum atomic E-state index is -0.545. The van der Waals surface area contributed by atoms with Crippen LogP contribution in [-0.2, 0) is 16.1 Å². The lowest BCUT2D eigenvalue weighted by atomic mass is 10.2. The van der Waals surface area contributed by atoms with Gasteiger partial charge in [-0.05, 0) is 24.1 Å². The second kappa shape index (κ2) is 9.36. The number of nitrogens with zero attached hydrogens (tertiary/aromatic N) is 4. The van der Waals surface area contributed by atoms with Gasteiger partial charge in [-0.25, -0.2) is 19.6 Å². The van der Waals surface area contributed by atoms with Crippen molar-refractivity contribution >= 4 is 29.5 Å². The molecule has 1 fully saturated rings. The molecule has 2 heterocycles. The van der Waals surface area contributed by atoms with Crippen molar-refractivity contribution in [2.45, 2.75) is 13.5 Å². The van der Waals surface area contributed by atoms with Gasteiger partial charge in [-0.15, -0.1) is 0 Å². The number of hydrogen-bond donors (Lipinski definition) is 0. The number of aromatic nitrogens is 2. The average Bonchev–Trinajstić information content (AvgIpc) is 2.72. The molecule has 2 aromatic rings. The molecular formula is C19H21ClN4O4. The predicted molar refractivity (Wildman–Crippen MR) is 103 cm³/mol. The molecule has 1 amide bonds. The SMILES string of the molecule is CCOC(=O)c1cc(N2CCN(C(=O)OCc3ccccc3)CC2)nc(Cl)n1. The van der Waals surface area contributed by atoms with Gasteiger partial charge in [0.2, 0.25) is 5.28 Å². The van der Waals surface area contributed by atoms with E-state index in [1.165, 1.54) is 0 Å². The van der Waals surface area contributed by atoms with Crippen molar-refractivity contribution in [2.75, 3.05) is 37.7 Å². The van der Waals surface area contributed by atoms with Crippen LogP contribution in [0.4, 0.5) is 10.6 Å². The smallest absolute Gasteiger partial charge is 0.410 e. The van der Waals surface area contributed by atoms with Crippen molar-refractivity contribution in [3.8, 4) is 0 Å². The van der Waals surface area contributed by atoms with Gasteiger partial charge in [-0.1, -0.05) is 30.3 Å². The van der Waals surface area contributed by atoms with Gasteiger partial charge in [0, 0.05) is 32.2 Å². The van der Waals surface area contributed by atoms with E-state index < -0.39 is 5.97 Å². The molecule has 0 unspecified atom stereocenters. The Kier molecular flexibility index (Phi) is 6.65. The normalized spacial score (nSPS) is 13.9. The number of carbonyl (C=O) groups is 2. The van der Waals surface area contributed by atoms with Gasteiger partial charge in [-0.3, -0.25) is 0 Å². The quantitative estimate of drug-likeness (QED) is 0.559. The minimum absolute atomic E-state index is 0.0229. The summed E-state index contributed by atoms with van der Waals surface area (Å²) in [5.41, 5.74) is 1.05. The van der Waals surface area contributed by atoms with Gasteiger partial charge in [0.15, 0.2) is 5.69 Å². The summed E-state index contributed by atoms with van der Waals surface area (Å²) in [7, 11) is 0. The van der Waals surface area contributed by atoms with E-state index in [0.717, 1.165) is 5.56 Å². The number of piperazine rings is 1. The Hall–Kier alpha value is -2.87. The first kappa shape index (κ1) is 19.9. The third-order valence-corrected chi connectivity index (χ3v) is 4.41. The van der Waals surface area contributed by atoms with Crippen molar-refractivity contribution in [3.63, 3.8) is 0 Å². The van der Waals surface area contributed by atoms with Crippen LogP contribution >= 0.6 is 11.6 Å². The number of carbonyl (C=O) groups excluding carboxylic acids is 2. The Balaban J connectivity index is 1.56. The fourth-order valence-electron chi connectivity index (χ4n) is 2.81. The van der Waals surface area contributed by atoms with Gasteiger partial charge in [0.05, 0.1) is 6.61 Å². The van der Waals surface area contributed by atoms with E-state index in [9.17, 15) is 9.59 Å². The lowest BCUT2D eigenvalue weighted by Gasteiger charge is -2.34. The van der Waals surface area contributed by atoms with E-state index in [2.05, 4.69) is 9.97 Å². The third kappa shape index (κ3) is 5.10. The first-order valence-electron chi connectivity index (χ1n) is 8.99. The molecule has 1 aromatic carbocycles. The molecule has 0 bridgehead atoms. The molecule has 1 aliphatic rings. The van der Waals surface area contributed by atoms with Crippen LogP contribution in [0.2, 0.25) is 5.28 Å². The number of ether oxygens (including phenoxy) is 2. The maximum Gasteiger partial charge on any atom is 0.410 e. The monoisotopic (exact) mass is 404 g/mol. The molecule has 1 aliphatic heterocycles. The molecule has 0 spiro atoms. The summed E-state index contributed by atoms with van der Waals surface area (Å²) in [5, 5.41) is -0.0229. The first-order valence-corrected chi connectivity index (χ1v) is 9.37. The van der Waals surface area contributed by atoms with Crippen LogP contribution in [0.1, 0.15) is 23.0 Å². The number of amides is 1. The maximum atomic E-state index is 12.3. The fraction of sp³-hybridized carbons (Fsp3) is 0.368. The number of anilines is 1. The summed E-state index contributed by atoms with van der Waals surface area (Å²) in [5.74, 6) is -0.0171. The van der Waals surface area contributed by atoms with Crippen LogP contribution in [0.15, 0.2) is 36.4 Å². The highest BCUT2D eigenvalue weighted by Crippen LogP contribution is 2.18. The third-order valence-electron chi connectivity index (χ3n) is 4.24. The number of rotatable bonds is 5. The van der Waals surface area contributed by atoms with Crippen molar-refractivity contribution in [1.82, 2.24) is 14.9 Å². The largest absolute Gasteiger partial charge is 0.461 e.